The molecule has 0 aromatic carbocycles. The van der Waals surface area contributed by atoms with Crippen molar-refractivity contribution in [3.05, 3.63) is 23.1 Å². The fraction of sp³-hybridized carbons (Fsp3) is 0.357. The molecule has 3 N–H and O–H groups in total. The third-order valence-corrected chi connectivity index (χ3v) is 4.45. The Morgan fingerprint density at radius 1 is 1.52 bits per heavy atom. The van der Waals surface area contributed by atoms with Gasteiger partial charge in [0, 0.05) is 12.6 Å². The van der Waals surface area contributed by atoms with E-state index in [1.165, 1.54) is 6.33 Å². The van der Waals surface area contributed by atoms with Crippen molar-refractivity contribution in [3.8, 4) is 0 Å². The minimum atomic E-state index is -0.753. The summed E-state index contributed by atoms with van der Waals surface area (Å²) < 4.78 is 1.77. The van der Waals surface area contributed by atoms with Crippen LogP contribution < -0.4 is 5.73 Å². The Morgan fingerprint density at radius 2 is 2.29 bits per heavy atom. The third kappa shape index (κ3) is 2.15. The molecular formula is C14H15ClN4O2. The first-order valence-corrected chi connectivity index (χ1v) is 7.05. The van der Waals surface area contributed by atoms with Crippen molar-refractivity contribution >= 4 is 40.0 Å². The van der Waals surface area contributed by atoms with E-state index in [4.69, 9.17) is 22.4 Å². The van der Waals surface area contributed by atoms with Gasteiger partial charge in [0.1, 0.15) is 22.9 Å². The second-order valence-corrected chi connectivity index (χ2v) is 5.58. The first-order valence-electron chi connectivity index (χ1n) is 6.67. The van der Waals surface area contributed by atoms with Crippen LogP contribution in [0.1, 0.15) is 24.8 Å². The minimum Gasteiger partial charge on any atom is -0.481 e. The summed E-state index contributed by atoms with van der Waals surface area (Å²) in [5, 5.41) is 10.4. The van der Waals surface area contributed by atoms with Crippen LogP contribution in [0.25, 0.3) is 16.6 Å². The van der Waals surface area contributed by atoms with Gasteiger partial charge in [-0.15, -0.1) is 0 Å². The predicted octanol–water partition coefficient (Wildman–Crippen LogP) is 2.47. The standard InChI is InChI=1S/C14H15ClN4O2/c1-19-11(15)9(10-12(16)17-6-18-13(10)19)7-2-4-8(5-3-7)14(20)21/h2,6,8H,3-5H2,1H3,(H,20,21)(H2,16,17,18)/t8-/m0/s1. The van der Waals surface area contributed by atoms with Gasteiger partial charge in [-0.1, -0.05) is 17.7 Å². The van der Waals surface area contributed by atoms with Crippen LogP contribution in [0.5, 0.6) is 0 Å². The summed E-state index contributed by atoms with van der Waals surface area (Å²) in [5.41, 5.74) is 8.51. The number of fused-ring (bicyclic) bond motifs is 1. The molecule has 0 saturated heterocycles. The molecule has 0 unspecified atom stereocenters. The molecule has 110 valence electrons. The van der Waals surface area contributed by atoms with Gasteiger partial charge in [0.2, 0.25) is 0 Å². The van der Waals surface area contributed by atoms with Crippen LogP contribution in [0.3, 0.4) is 0 Å². The van der Waals surface area contributed by atoms with Crippen molar-refractivity contribution in [1.29, 1.82) is 0 Å². The van der Waals surface area contributed by atoms with Crippen LogP contribution in [0.4, 0.5) is 5.82 Å². The first kappa shape index (κ1) is 13.9. The minimum absolute atomic E-state index is 0.323. The maximum atomic E-state index is 11.0. The van der Waals surface area contributed by atoms with Gasteiger partial charge in [0.25, 0.3) is 0 Å². The molecule has 0 spiro atoms. The maximum absolute atomic E-state index is 11.0. The molecule has 0 radical (unpaired) electrons. The number of carbonyl (C=O) groups is 1. The van der Waals surface area contributed by atoms with E-state index in [1.807, 2.05) is 13.1 Å². The van der Waals surface area contributed by atoms with Gasteiger partial charge in [-0.2, -0.15) is 0 Å². The first-order chi connectivity index (χ1) is 10.0. The van der Waals surface area contributed by atoms with Gasteiger partial charge in [-0.05, 0) is 24.8 Å². The third-order valence-electron chi connectivity index (χ3n) is 4.01. The highest BCUT2D eigenvalue weighted by atomic mass is 35.5. The molecule has 7 heteroatoms. The van der Waals surface area contributed by atoms with E-state index in [-0.39, 0.29) is 5.92 Å². The van der Waals surface area contributed by atoms with Crippen LogP contribution in [-0.2, 0) is 11.8 Å². The largest absolute Gasteiger partial charge is 0.481 e. The highest BCUT2D eigenvalue weighted by Crippen LogP contribution is 2.40. The number of nitrogens with zero attached hydrogens (tertiary/aromatic N) is 3. The smallest absolute Gasteiger partial charge is 0.306 e. The van der Waals surface area contributed by atoms with E-state index in [0.29, 0.717) is 35.9 Å². The number of carboxylic acid groups (broad SMARTS) is 1. The fourth-order valence-corrected chi connectivity index (χ4v) is 3.12. The molecule has 0 bridgehead atoms. The van der Waals surface area contributed by atoms with E-state index in [2.05, 4.69) is 9.97 Å². The molecule has 2 heterocycles. The van der Waals surface area contributed by atoms with Crippen molar-refractivity contribution in [2.45, 2.75) is 19.3 Å². The number of rotatable bonds is 2. The molecule has 0 fully saturated rings. The lowest BCUT2D eigenvalue weighted by Gasteiger charge is -2.18. The molecule has 6 nitrogen and oxygen atoms in total. The number of aromatic nitrogens is 3. The lowest BCUT2D eigenvalue weighted by atomic mass is 9.87. The predicted molar refractivity (Wildman–Crippen MR) is 80.9 cm³/mol. The molecular weight excluding hydrogens is 292 g/mol. The molecule has 3 rings (SSSR count). The van der Waals surface area contributed by atoms with Crippen LogP contribution in [-0.4, -0.2) is 25.6 Å². The molecule has 1 aliphatic carbocycles. The maximum Gasteiger partial charge on any atom is 0.306 e. The monoisotopic (exact) mass is 306 g/mol. The van der Waals surface area contributed by atoms with Crippen LogP contribution in [0.15, 0.2) is 12.4 Å². The second-order valence-electron chi connectivity index (χ2n) is 5.22. The lowest BCUT2D eigenvalue weighted by molar-refractivity contribution is -0.141. The Kier molecular flexibility index (Phi) is 3.33. The zero-order valence-electron chi connectivity index (χ0n) is 11.5. The van der Waals surface area contributed by atoms with E-state index in [0.717, 1.165) is 16.5 Å². The number of aryl methyl sites for hydroxylation is 1. The SMILES string of the molecule is Cn1c(Cl)c(C2=CC[C@H](C(=O)O)CC2)c2c(N)ncnc21. The Bertz CT molecular complexity index is 766. The molecule has 1 aliphatic rings. The van der Waals surface area contributed by atoms with Crippen molar-refractivity contribution in [1.82, 2.24) is 14.5 Å². The summed E-state index contributed by atoms with van der Waals surface area (Å²) >= 11 is 6.42. The summed E-state index contributed by atoms with van der Waals surface area (Å²) in [6, 6.07) is 0. The Balaban J connectivity index is 2.14. The van der Waals surface area contributed by atoms with Crippen LogP contribution in [0.2, 0.25) is 5.15 Å². The average Bonchev–Trinajstić information content (AvgIpc) is 2.73. The van der Waals surface area contributed by atoms with E-state index in [9.17, 15) is 4.79 Å². The van der Waals surface area contributed by atoms with Crippen molar-refractivity contribution in [2.24, 2.45) is 13.0 Å². The number of allylic oxidation sites excluding steroid dienone is 2. The van der Waals surface area contributed by atoms with Crippen LogP contribution in [0, 0.1) is 5.92 Å². The summed E-state index contributed by atoms with van der Waals surface area (Å²) in [6.45, 7) is 0. The quantitative estimate of drug-likeness (QED) is 0.889. The summed E-state index contributed by atoms with van der Waals surface area (Å²) in [7, 11) is 1.82. The summed E-state index contributed by atoms with van der Waals surface area (Å²) in [6.07, 6.45) is 5.11. The molecule has 2 aromatic heterocycles. The molecule has 21 heavy (non-hydrogen) atoms. The number of carboxylic acids is 1. The topological polar surface area (TPSA) is 94.0 Å². The van der Waals surface area contributed by atoms with Gasteiger partial charge >= 0.3 is 5.97 Å². The highest BCUT2D eigenvalue weighted by molar-refractivity contribution is 6.33. The van der Waals surface area contributed by atoms with E-state index < -0.39 is 5.97 Å². The van der Waals surface area contributed by atoms with Gasteiger partial charge in [0.05, 0.1) is 11.3 Å². The second kappa shape index (κ2) is 5.04. The van der Waals surface area contributed by atoms with E-state index in [1.54, 1.807) is 4.57 Å². The summed E-state index contributed by atoms with van der Waals surface area (Å²) in [4.78, 5) is 19.3. The lowest BCUT2D eigenvalue weighted by Crippen LogP contribution is -2.15. The molecule has 0 aliphatic heterocycles. The van der Waals surface area contributed by atoms with Crippen LogP contribution >= 0.6 is 11.6 Å². The van der Waals surface area contributed by atoms with E-state index >= 15 is 0 Å². The van der Waals surface area contributed by atoms with Gasteiger partial charge in [0.15, 0.2) is 0 Å². The van der Waals surface area contributed by atoms with Gasteiger partial charge < -0.3 is 15.4 Å². The summed E-state index contributed by atoms with van der Waals surface area (Å²) in [5.74, 6) is -0.688. The van der Waals surface area contributed by atoms with Gasteiger partial charge in [-0.3, -0.25) is 4.79 Å². The molecule has 0 amide bonds. The molecule has 0 saturated carbocycles. The van der Waals surface area contributed by atoms with Gasteiger partial charge in [-0.25, -0.2) is 9.97 Å². The average molecular weight is 307 g/mol. The number of nitrogens with two attached hydrogens (primary N) is 1. The van der Waals surface area contributed by atoms with Crippen molar-refractivity contribution < 1.29 is 9.90 Å². The fourth-order valence-electron chi connectivity index (χ4n) is 2.83. The zero-order chi connectivity index (χ0) is 15.1. The number of anilines is 1. The van der Waals surface area contributed by atoms with Crippen molar-refractivity contribution in [3.63, 3.8) is 0 Å². The highest BCUT2D eigenvalue weighted by Gasteiger charge is 2.26. The number of aliphatic carboxylic acids is 1. The Labute approximate surface area is 126 Å². The molecule has 1 atom stereocenters. The Morgan fingerprint density at radius 3 is 2.90 bits per heavy atom. The number of nitrogen functional groups attached to an aromatic ring is 1. The Hall–Kier alpha value is -2.08. The molecule has 2 aromatic rings. The number of halogens is 1. The number of hydrogen-bond acceptors (Lipinski definition) is 4. The van der Waals surface area contributed by atoms with Crippen molar-refractivity contribution in [2.75, 3.05) is 5.73 Å². The normalized spacial score (nSPS) is 18.8. The zero-order valence-corrected chi connectivity index (χ0v) is 12.3. The number of hydrogen-bond donors (Lipinski definition) is 2.